The van der Waals surface area contributed by atoms with Crippen LogP contribution in [0.2, 0.25) is 0 Å². The Bertz CT molecular complexity index is 717. The molecule has 0 amide bonds. The normalized spacial score (nSPS) is 11.5. The van der Waals surface area contributed by atoms with E-state index in [2.05, 4.69) is 5.10 Å². The number of carbonyl (C=O) groups excluding carboxylic acids is 1. The van der Waals surface area contributed by atoms with Crippen LogP contribution in [0, 0.1) is 0 Å². The summed E-state index contributed by atoms with van der Waals surface area (Å²) in [7, 11) is -3.32. The third-order valence-corrected chi connectivity index (χ3v) is 3.88. The molecule has 0 unspecified atom stereocenters. The van der Waals surface area contributed by atoms with Gasteiger partial charge >= 0.3 is 0 Å². The van der Waals surface area contributed by atoms with Crippen molar-refractivity contribution in [1.82, 2.24) is 9.78 Å². The fraction of sp³-hybridized carbons (Fsp3) is 0.231. The van der Waals surface area contributed by atoms with Crippen LogP contribution in [-0.4, -0.2) is 30.2 Å². The molecule has 0 bridgehead atoms. The third kappa shape index (κ3) is 2.73. The monoisotopic (exact) mass is 278 g/mol. The Morgan fingerprint density at radius 1 is 1.32 bits per heavy atom. The van der Waals surface area contributed by atoms with Crippen LogP contribution in [0.1, 0.15) is 23.0 Å². The number of benzene rings is 1. The van der Waals surface area contributed by atoms with Gasteiger partial charge in [-0.05, 0) is 25.1 Å². The summed E-state index contributed by atoms with van der Waals surface area (Å²) < 4.78 is 24.6. The first-order valence-corrected chi connectivity index (χ1v) is 7.69. The molecule has 0 saturated carbocycles. The second kappa shape index (κ2) is 4.97. The Hall–Kier alpha value is -1.95. The fourth-order valence-corrected chi connectivity index (χ4v) is 2.46. The van der Waals surface area contributed by atoms with E-state index in [1.165, 1.54) is 12.1 Å². The van der Waals surface area contributed by atoms with Crippen LogP contribution < -0.4 is 0 Å². The summed E-state index contributed by atoms with van der Waals surface area (Å²) in [5.74, 6) is -0.232. The van der Waals surface area contributed by atoms with Crippen LogP contribution in [-0.2, 0) is 16.4 Å². The van der Waals surface area contributed by atoms with Crippen LogP contribution in [0.15, 0.2) is 41.4 Å². The maximum Gasteiger partial charge on any atom is 0.211 e. The van der Waals surface area contributed by atoms with Gasteiger partial charge in [0.25, 0.3) is 0 Å². The molecule has 0 fully saturated rings. The van der Waals surface area contributed by atoms with Gasteiger partial charge in [-0.25, -0.2) is 8.42 Å². The van der Waals surface area contributed by atoms with Crippen molar-refractivity contribution in [3.8, 4) is 0 Å². The van der Waals surface area contributed by atoms with E-state index in [4.69, 9.17) is 0 Å². The number of hydrogen-bond donors (Lipinski definition) is 0. The molecule has 0 aliphatic heterocycles. The van der Waals surface area contributed by atoms with Gasteiger partial charge in [0, 0.05) is 24.6 Å². The molecule has 0 N–H and O–H groups in total. The van der Waals surface area contributed by atoms with Gasteiger partial charge in [0.05, 0.1) is 4.90 Å². The first kappa shape index (κ1) is 13.5. The molecule has 1 heterocycles. The molecule has 2 rings (SSSR count). The molecule has 1 aromatic carbocycles. The molecule has 0 saturated heterocycles. The van der Waals surface area contributed by atoms with E-state index in [0.29, 0.717) is 17.8 Å². The van der Waals surface area contributed by atoms with Crippen LogP contribution >= 0.6 is 0 Å². The van der Waals surface area contributed by atoms with Crippen molar-refractivity contribution in [2.24, 2.45) is 0 Å². The summed E-state index contributed by atoms with van der Waals surface area (Å²) in [6, 6.07) is 7.66. The van der Waals surface area contributed by atoms with Gasteiger partial charge in [0.1, 0.15) is 5.69 Å². The number of sulfone groups is 1. The first-order chi connectivity index (χ1) is 8.93. The SMILES string of the molecule is CCn1nccc1C(=O)c1cccc(S(C)(=O)=O)c1. The quantitative estimate of drug-likeness (QED) is 0.795. The predicted molar refractivity (Wildman–Crippen MR) is 70.9 cm³/mol. The zero-order valence-corrected chi connectivity index (χ0v) is 11.5. The molecule has 0 radical (unpaired) electrons. The number of ketones is 1. The molecule has 100 valence electrons. The van der Waals surface area contributed by atoms with E-state index >= 15 is 0 Å². The van der Waals surface area contributed by atoms with Gasteiger partial charge in [-0.3, -0.25) is 9.48 Å². The number of carbonyl (C=O) groups is 1. The highest BCUT2D eigenvalue weighted by Gasteiger charge is 2.16. The lowest BCUT2D eigenvalue weighted by Crippen LogP contribution is -2.11. The standard InChI is InChI=1S/C13H14N2O3S/c1-3-15-12(7-8-14-15)13(16)10-5-4-6-11(9-10)19(2,17)18/h4-9H,3H2,1-2H3. The molecule has 0 aliphatic carbocycles. The number of rotatable bonds is 4. The molecule has 5 nitrogen and oxygen atoms in total. The zero-order valence-electron chi connectivity index (χ0n) is 10.7. The zero-order chi connectivity index (χ0) is 14.0. The summed E-state index contributed by atoms with van der Waals surface area (Å²) in [6.07, 6.45) is 2.67. The minimum Gasteiger partial charge on any atom is -0.287 e. The molecule has 19 heavy (non-hydrogen) atoms. The summed E-state index contributed by atoms with van der Waals surface area (Å²) >= 11 is 0. The van der Waals surface area contributed by atoms with Crippen molar-refractivity contribution in [2.75, 3.05) is 6.26 Å². The molecule has 0 atom stereocenters. The minimum atomic E-state index is -3.32. The van der Waals surface area contributed by atoms with Crippen LogP contribution in [0.3, 0.4) is 0 Å². The Balaban J connectivity index is 2.46. The summed E-state index contributed by atoms with van der Waals surface area (Å²) in [5.41, 5.74) is 0.797. The van der Waals surface area contributed by atoms with Gasteiger partial charge in [0.15, 0.2) is 9.84 Å². The maximum atomic E-state index is 12.3. The molecular weight excluding hydrogens is 264 g/mol. The van der Waals surface area contributed by atoms with Crippen LogP contribution in [0.5, 0.6) is 0 Å². The predicted octanol–water partition coefficient (Wildman–Crippen LogP) is 1.54. The van der Waals surface area contributed by atoms with E-state index in [1.54, 1.807) is 29.1 Å². The number of hydrogen-bond acceptors (Lipinski definition) is 4. The highest BCUT2D eigenvalue weighted by atomic mass is 32.2. The molecule has 0 aliphatic rings. The molecule has 1 aromatic heterocycles. The van der Waals surface area contributed by atoms with E-state index in [9.17, 15) is 13.2 Å². The third-order valence-electron chi connectivity index (χ3n) is 2.77. The van der Waals surface area contributed by atoms with Gasteiger partial charge in [-0.2, -0.15) is 5.10 Å². The van der Waals surface area contributed by atoms with Crippen molar-refractivity contribution in [2.45, 2.75) is 18.4 Å². The van der Waals surface area contributed by atoms with E-state index in [-0.39, 0.29) is 10.7 Å². The summed E-state index contributed by atoms with van der Waals surface area (Å²) in [4.78, 5) is 12.5. The van der Waals surface area contributed by atoms with Crippen molar-refractivity contribution in [3.63, 3.8) is 0 Å². The van der Waals surface area contributed by atoms with Crippen molar-refractivity contribution < 1.29 is 13.2 Å². The van der Waals surface area contributed by atoms with Gasteiger partial charge in [-0.15, -0.1) is 0 Å². The molecular formula is C13H14N2O3S. The van der Waals surface area contributed by atoms with Gasteiger partial charge in [0.2, 0.25) is 5.78 Å². The largest absolute Gasteiger partial charge is 0.287 e. The van der Waals surface area contributed by atoms with Crippen molar-refractivity contribution >= 4 is 15.6 Å². The number of aryl methyl sites for hydroxylation is 1. The fourth-order valence-electron chi connectivity index (χ4n) is 1.79. The van der Waals surface area contributed by atoms with Crippen molar-refractivity contribution in [1.29, 1.82) is 0 Å². The average molecular weight is 278 g/mol. The highest BCUT2D eigenvalue weighted by Crippen LogP contribution is 2.15. The lowest BCUT2D eigenvalue weighted by Gasteiger charge is -2.05. The number of aromatic nitrogens is 2. The maximum absolute atomic E-state index is 12.3. The minimum absolute atomic E-state index is 0.140. The van der Waals surface area contributed by atoms with Gasteiger partial charge in [-0.1, -0.05) is 12.1 Å². The average Bonchev–Trinajstić information content (AvgIpc) is 2.85. The topological polar surface area (TPSA) is 69.0 Å². The Morgan fingerprint density at radius 2 is 2.05 bits per heavy atom. The Morgan fingerprint density at radius 3 is 2.68 bits per heavy atom. The Labute approximate surface area is 111 Å². The smallest absolute Gasteiger partial charge is 0.211 e. The van der Waals surface area contributed by atoms with Gasteiger partial charge < -0.3 is 0 Å². The summed E-state index contributed by atoms with van der Waals surface area (Å²) in [5, 5.41) is 4.03. The molecule has 2 aromatic rings. The van der Waals surface area contributed by atoms with Crippen LogP contribution in [0.4, 0.5) is 0 Å². The summed E-state index contributed by atoms with van der Waals surface area (Å²) in [6.45, 7) is 2.47. The van der Waals surface area contributed by atoms with E-state index in [1.807, 2.05) is 6.92 Å². The van der Waals surface area contributed by atoms with E-state index in [0.717, 1.165) is 6.26 Å². The molecule has 0 spiro atoms. The second-order valence-electron chi connectivity index (χ2n) is 4.16. The van der Waals surface area contributed by atoms with E-state index < -0.39 is 9.84 Å². The Kier molecular flexibility index (Phi) is 3.53. The second-order valence-corrected chi connectivity index (χ2v) is 6.18. The molecule has 6 heteroatoms. The first-order valence-electron chi connectivity index (χ1n) is 5.80. The highest BCUT2D eigenvalue weighted by molar-refractivity contribution is 7.90. The lowest BCUT2D eigenvalue weighted by atomic mass is 10.1. The number of nitrogens with zero attached hydrogens (tertiary/aromatic N) is 2. The lowest BCUT2D eigenvalue weighted by molar-refractivity contribution is 0.102. The van der Waals surface area contributed by atoms with Crippen LogP contribution in [0.25, 0.3) is 0 Å². The van der Waals surface area contributed by atoms with Crippen molar-refractivity contribution in [3.05, 3.63) is 47.8 Å².